The lowest BCUT2D eigenvalue weighted by molar-refractivity contribution is -0.120. The van der Waals surface area contributed by atoms with E-state index in [9.17, 15) is 4.79 Å². The molecule has 1 saturated heterocycles. The minimum Gasteiger partial charge on any atom is -0.355 e. The highest BCUT2D eigenvalue weighted by Gasteiger charge is 2.23. The van der Waals surface area contributed by atoms with Crippen molar-refractivity contribution >= 4 is 5.91 Å². The number of amides is 1. The zero-order chi connectivity index (χ0) is 10.6. The van der Waals surface area contributed by atoms with Gasteiger partial charge in [0.2, 0.25) is 5.91 Å². The first-order valence-corrected chi connectivity index (χ1v) is 5.32. The van der Waals surface area contributed by atoms with Crippen molar-refractivity contribution in [3.05, 3.63) is 0 Å². The van der Waals surface area contributed by atoms with Crippen LogP contribution in [0.5, 0.6) is 0 Å². The summed E-state index contributed by atoms with van der Waals surface area (Å²) in [6, 6.07) is 0.924. The number of nitrogens with zero attached hydrogens (tertiary/aromatic N) is 1. The number of hydrogen-bond acceptors (Lipinski definition) is 3. The Hall–Kier alpha value is -0.610. The number of rotatable bonds is 3. The van der Waals surface area contributed by atoms with E-state index in [0.29, 0.717) is 18.5 Å². The van der Waals surface area contributed by atoms with E-state index in [1.165, 1.54) is 0 Å². The highest BCUT2D eigenvalue weighted by atomic mass is 16.1. The van der Waals surface area contributed by atoms with E-state index in [1.807, 2.05) is 7.05 Å². The molecule has 2 unspecified atom stereocenters. The number of carbonyl (C=O) groups excluding carboxylic acids is 1. The maximum atomic E-state index is 11.2. The number of carbonyl (C=O) groups is 1. The Morgan fingerprint density at radius 3 is 3.07 bits per heavy atom. The molecular weight excluding hydrogens is 178 g/mol. The normalized spacial score (nSPS) is 26.8. The molecule has 1 aliphatic rings. The van der Waals surface area contributed by atoms with Crippen LogP contribution in [0.2, 0.25) is 0 Å². The maximum absolute atomic E-state index is 11.2. The van der Waals surface area contributed by atoms with Gasteiger partial charge in [-0.1, -0.05) is 0 Å². The van der Waals surface area contributed by atoms with E-state index in [1.54, 1.807) is 0 Å². The van der Waals surface area contributed by atoms with E-state index in [0.717, 1.165) is 19.6 Å². The fraction of sp³-hybridized carbons (Fsp3) is 0.900. The lowest BCUT2D eigenvalue weighted by atomic mass is 10.2. The second-order valence-corrected chi connectivity index (χ2v) is 4.05. The fourth-order valence-corrected chi connectivity index (χ4v) is 1.99. The molecule has 0 spiro atoms. The van der Waals surface area contributed by atoms with Gasteiger partial charge in [-0.05, 0) is 20.9 Å². The third kappa shape index (κ3) is 2.96. The lowest BCUT2D eigenvalue weighted by Gasteiger charge is -2.32. The van der Waals surface area contributed by atoms with E-state index >= 15 is 0 Å². The molecule has 14 heavy (non-hydrogen) atoms. The third-order valence-electron chi connectivity index (χ3n) is 2.82. The van der Waals surface area contributed by atoms with Crippen LogP contribution in [0.25, 0.3) is 0 Å². The first kappa shape index (κ1) is 11.5. The van der Waals surface area contributed by atoms with Crippen molar-refractivity contribution in [1.82, 2.24) is 15.5 Å². The Kier molecular flexibility index (Phi) is 4.35. The Morgan fingerprint density at radius 2 is 2.43 bits per heavy atom. The van der Waals surface area contributed by atoms with Gasteiger partial charge >= 0.3 is 0 Å². The molecule has 0 aromatic carbocycles. The van der Waals surface area contributed by atoms with Gasteiger partial charge in [0.25, 0.3) is 0 Å². The highest BCUT2D eigenvalue weighted by Crippen LogP contribution is 2.08. The van der Waals surface area contributed by atoms with Crippen molar-refractivity contribution in [3.63, 3.8) is 0 Å². The van der Waals surface area contributed by atoms with Crippen LogP contribution in [0.4, 0.5) is 0 Å². The van der Waals surface area contributed by atoms with Crippen LogP contribution < -0.4 is 10.6 Å². The topological polar surface area (TPSA) is 44.4 Å². The first-order chi connectivity index (χ1) is 6.65. The van der Waals surface area contributed by atoms with Crippen LogP contribution in [0.1, 0.15) is 20.3 Å². The maximum Gasteiger partial charge on any atom is 0.221 e. The van der Waals surface area contributed by atoms with Crippen molar-refractivity contribution in [2.45, 2.75) is 32.4 Å². The predicted molar refractivity (Wildman–Crippen MR) is 57.2 cm³/mol. The highest BCUT2D eigenvalue weighted by molar-refractivity contribution is 5.76. The first-order valence-electron chi connectivity index (χ1n) is 5.32. The second-order valence-electron chi connectivity index (χ2n) is 4.05. The van der Waals surface area contributed by atoms with Gasteiger partial charge in [-0.25, -0.2) is 0 Å². The van der Waals surface area contributed by atoms with Crippen LogP contribution in [0.3, 0.4) is 0 Å². The summed E-state index contributed by atoms with van der Waals surface area (Å²) in [5, 5.41) is 6.09. The molecular formula is C10H21N3O. The molecule has 1 fully saturated rings. The second kappa shape index (κ2) is 5.32. The van der Waals surface area contributed by atoms with E-state index in [2.05, 4.69) is 29.4 Å². The van der Waals surface area contributed by atoms with Gasteiger partial charge in [-0.3, -0.25) is 9.69 Å². The minimum absolute atomic E-state index is 0.177. The van der Waals surface area contributed by atoms with Crippen LogP contribution in [0.15, 0.2) is 0 Å². The molecule has 0 radical (unpaired) electrons. The largest absolute Gasteiger partial charge is 0.355 e. The van der Waals surface area contributed by atoms with Crippen molar-refractivity contribution in [3.8, 4) is 0 Å². The lowest BCUT2D eigenvalue weighted by Crippen LogP contribution is -2.46. The van der Waals surface area contributed by atoms with Gasteiger partial charge in [-0.15, -0.1) is 0 Å². The standard InChI is InChI=1S/C10H21N3O/c1-8(6-11-3)13-5-4-10(14)12-7-9(13)2/h8-9,11H,4-7H2,1-3H3,(H,12,14). The van der Waals surface area contributed by atoms with Crippen LogP contribution in [0, 0.1) is 0 Å². The molecule has 1 heterocycles. The van der Waals surface area contributed by atoms with Gasteiger partial charge in [-0.2, -0.15) is 0 Å². The Balaban J connectivity index is 2.52. The molecule has 1 aliphatic heterocycles. The van der Waals surface area contributed by atoms with E-state index in [4.69, 9.17) is 0 Å². The molecule has 4 nitrogen and oxygen atoms in total. The Bertz CT molecular complexity index is 196. The monoisotopic (exact) mass is 199 g/mol. The Morgan fingerprint density at radius 1 is 1.71 bits per heavy atom. The van der Waals surface area contributed by atoms with Gasteiger partial charge in [0.1, 0.15) is 0 Å². The number of likely N-dealkylation sites (N-methyl/N-ethyl adjacent to an activating group) is 1. The average molecular weight is 199 g/mol. The molecule has 2 atom stereocenters. The minimum atomic E-state index is 0.177. The van der Waals surface area contributed by atoms with Crippen molar-refractivity contribution < 1.29 is 4.79 Å². The molecule has 0 aromatic rings. The van der Waals surface area contributed by atoms with E-state index < -0.39 is 0 Å². The van der Waals surface area contributed by atoms with Crippen LogP contribution >= 0.6 is 0 Å². The quantitative estimate of drug-likeness (QED) is 0.662. The summed E-state index contributed by atoms with van der Waals surface area (Å²) >= 11 is 0. The molecule has 0 aliphatic carbocycles. The third-order valence-corrected chi connectivity index (χ3v) is 2.82. The summed E-state index contributed by atoms with van der Waals surface area (Å²) in [5.41, 5.74) is 0. The summed E-state index contributed by atoms with van der Waals surface area (Å²) in [7, 11) is 1.96. The molecule has 4 heteroatoms. The van der Waals surface area contributed by atoms with Gasteiger partial charge in [0.05, 0.1) is 0 Å². The summed E-state index contributed by atoms with van der Waals surface area (Å²) in [6.07, 6.45) is 0.623. The molecule has 1 rings (SSSR count). The molecule has 82 valence electrons. The Labute approximate surface area is 86.0 Å². The zero-order valence-electron chi connectivity index (χ0n) is 9.34. The van der Waals surface area contributed by atoms with Crippen molar-refractivity contribution in [2.75, 3.05) is 26.7 Å². The molecule has 0 bridgehead atoms. The fourth-order valence-electron chi connectivity index (χ4n) is 1.99. The molecule has 2 N–H and O–H groups in total. The molecule has 1 amide bonds. The van der Waals surface area contributed by atoms with E-state index in [-0.39, 0.29) is 5.91 Å². The predicted octanol–water partition coefficient (Wildman–Crippen LogP) is -0.195. The smallest absolute Gasteiger partial charge is 0.221 e. The van der Waals surface area contributed by atoms with Crippen LogP contribution in [-0.4, -0.2) is 49.6 Å². The summed E-state index contributed by atoms with van der Waals surface area (Å²) < 4.78 is 0. The number of hydrogen-bond donors (Lipinski definition) is 2. The van der Waals surface area contributed by atoms with Gasteiger partial charge in [0, 0.05) is 38.1 Å². The van der Waals surface area contributed by atoms with Crippen molar-refractivity contribution in [2.24, 2.45) is 0 Å². The van der Waals surface area contributed by atoms with Crippen LogP contribution in [-0.2, 0) is 4.79 Å². The summed E-state index contributed by atoms with van der Waals surface area (Å²) in [6.45, 7) is 6.97. The summed E-state index contributed by atoms with van der Waals surface area (Å²) in [5.74, 6) is 0.177. The average Bonchev–Trinajstić information content (AvgIpc) is 2.30. The zero-order valence-corrected chi connectivity index (χ0v) is 9.34. The van der Waals surface area contributed by atoms with Crippen molar-refractivity contribution in [1.29, 1.82) is 0 Å². The molecule has 0 aromatic heterocycles. The van der Waals surface area contributed by atoms with Gasteiger partial charge < -0.3 is 10.6 Å². The van der Waals surface area contributed by atoms with Gasteiger partial charge in [0.15, 0.2) is 0 Å². The molecule has 0 saturated carbocycles. The number of nitrogens with one attached hydrogen (secondary N) is 2. The SMILES string of the molecule is CNCC(C)N1CCC(=O)NCC1C. The summed E-state index contributed by atoms with van der Waals surface area (Å²) in [4.78, 5) is 13.6.